The highest BCUT2D eigenvalue weighted by Crippen LogP contribution is 2.00. The normalized spacial score (nSPS) is 10.8. The predicted molar refractivity (Wildman–Crippen MR) is 63.0 cm³/mol. The molecule has 3 nitrogen and oxygen atoms in total. The van der Waals surface area contributed by atoms with Gasteiger partial charge in [0, 0.05) is 0 Å². The molecule has 0 aliphatic heterocycles. The third-order valence-corrected chi connectivity index (χ3v) is 1.80. The molecule has 0 radical (unpaired) electrons. The lowest BCUT2D eigenvalue weighted by Gasteiger charge is -1.96. The summed E-state index contributed by atoms with van der Waals surface area (Å²) in [7, 11) is 1.28. The average Bonchev–Trinajstić information content (AvgIpc) is 2.34. The Morgan fingerprint density at radius 1 is 1.25 bits per heavy atom. The van der Waals surface area contributed by atoms with Crippen molar-refractivity contribution in [2.24, 2.45) is 0 Å². The van der Waals surface area contributed by atoms with Crippen molar-refractivity contribution < 1.29 is 14.3 Å². The summed E-state index contributed by atoms with van der Waals surface area (Å²) < 4.78 is 8.97. The smallest absolute Gasteiger partial charge is 0.438 e. The second-order valence-electron chi connectivity index (χ2n) is 2.96. The SMILES string of the molecule is COC(=O)OC/C=C/C=C/c1ccccc1. The number of allylic oxidation sites excluding steroid dienone is 2. The number of carbonyl (C=O) groups is 1. The molecule has 0 atom stereocenters. The zero-order valence-corrected chi connectivity index (χ0v) is 9.13. The lowest BCUT2D eigenvalue weighted by atomic mass is 10.2. The third-order valence-electron chi connectivity index (χ3n) is 1.80. The zero-order valence-electron chi connectivity index (χ0n) is 9.13. The van der Waals surface area contributed by atoms with Crippen molar-refractivity contribution in [2.45, 2.75) is 0 Å². The maximum atomic E-state index is 10.6. The van der Waals surface area contributed by atoms with E-state index in [1.54, 1.807) is 6.08 Å². The topological polar surface area (TPSA) is 35.5 Å². The fraction of sp³-hybridized carbons (Fsp3) is 0.154. The number of carbonyl (C=O) groups excluding carboxylic acids is 1. The van der Waals surface area contributed by atoms with Crippen LogP contribution >= 0.6 is 0 Å². The minimum absolute atomic E-state index is 0.214. The summed E-state index contributed by atoms with van der Waals surface area (Å²) in [6.45, 7) is 0.214. The molecule has 3 heteroatoms. The summed E-state index contributed by atoms with van der Waals surface area (Å²) in [6, 6.07) is 9.94. The van der Waals surface area contributed by atoms with E-state index >= 15 is 0 Å². The van der Waals surface area contributed by atoms with Crippen LogP contribution < -0.4 is 0 Å². The Hall–Kier alpha value is -2.03. The Morgan fingerprint density at radius 2 is 2.00 bits per heavy atom. The molecule has 0 bridgehead atoms. The van der Waals surface area contributed by atoms with Crippen molar-refractivity contribution in [2.75, 3.05) is 13.7 Å². The predicted octanol–water partition coefficient (Wildman–Crippen LogP) is 3.04. The summed E-state index contributed by atoms with van der Waals surface area (Å²) in [5.41, 5.74) is 1.13. The molecule has 0 aliphatic rings. The maximum Gasteiger partial charge on any atom is 0.508 e. The van der Waals surface area contributed by atoms with Gasteiger partial charge in [-0.1, -0.05) is 48.6 Å². The monoisotopic (exact) mass is 218 g/mol. The number of methoxy groups -OCH3 is 1. The lowest BCUT2D eigenvalue weighted by molar-refractivity contribution is 0.0818. The maximum absolute atomic E-state index is 10.6. The first-order valence-corrected chi connectivity index (χ1v) is 4.92. The van der Waals surface area contributed by atoms with Gasteiger partial charge in [-0.25, -0.2) is 4.79 Å². The van der Waals surface area contributed by atoms with E-state index in [0.29, 0.717) is 0 Å². The van der Waals surface area contributed by atoms with Crippen LogP contribution in [0.1, 0.15) is 5.56 Å². The molecule has 0 heterocycles. The highest BCUT2D eigenvalue weighted by atomic mass is 16.7. The van der Waals surface area contributed by atoms with Crippen LogP contribution in [0.2, 0.25) is 0 Å². The average molecular weight is 218 g/mol. The first-order chi connectivity index (χ1) is 7.83. The van der Waals surface area contributed by atoms with E-state index in [0.717, 1.165) is 5.56 Å². The minimum atomic E-state index is -0.670. The number of ether oxygens (including phenoxy) is 2. The Balaban J connectivity index is 2.27. The van der Waals surface area contributed by atoms with Crippen molar-refractivity contribution in [3.05, 3.63) is 54.1 Å². The first kappa shape index (κ1) is 12.0. The number of benzene rings is 1. The quantitative estimate of drug-likeness (QED) is 0.575. The van der Waals surface area contributed by atoms with Gasteiger partial charge in [-0.15, -0.1) is 0 Å². The Morgan fingerprint density at radius 3 is 2.69 bits per heavy atom. The second-order valence-corrected chi connectivity index (χ2v) is 2.96. The van der Waals surface area contributed by atoms with Gasteiger partial charge in [0.25, 0.3) is 0 Å². The largest absolute Gasteiger partial charge is 0.508 e. The van der Waals surface area contributed by atoms with Gasteiger partial charge in [0.15, 0.2) is 0 Å². The summed E-state index contributed by atoms with van der Waals surface area (Å²) in [4.78, 5) is 10.6. The molecule has 0 spiro atoms. The Labute approximate surface area is 95.0 Å². The fourth-order valence-corrected chi connectivity index (χ4v) is 1.04. The van der Waals surface area contributed by atoms with E-state index in [1.807, 2.05) is 48.6 Å². The van der Waals surface area contributed by atoms with Crippen LogP contribution in [0.3, 0.4) is 0 Å². The zero-order chi connectivity index (χ0) is 11.6. The van der Waals surface area contributed by atoms with Gasteiger partial charge in [-0.05, 0) is 11.6 Å². The Bertz CT molecular complexity index is 366. The van der Waals surface area contributed by atoms with E-state index in [4.69, 9.17) is 0 Å². The molecule has 1 aromatic carbocycles. The molecule has 1 aromatic rings. The fourth-order valence-electron chi connectivity index (χ4n) is 1.04. The summed E-state index contributed by atoms with van der Waals surface area (Å²) in [6.07, 6.45) is 6.73. The van der Waals surface area contributed by atoms with Crippen LogP contribution in [-0.2, 0) is 9.47 Å². The van der Waals surface area contributed by atoms with Crippen molar-refractivity contribution in [3.8, 4) is 0 Å². The highest BCUT2D eigenvalue weighted by Gasteiger charge is 1.94. The Kier molecular flexibility index (Phi) is 5.48. The molecule has 0 fully saturated rings. The van der Waals surface area contributed by atoms with Crippen molar-refractivity contribution >= 4 is 12.2 Å². The van der Waals surface area contributed by atoms with E-state index < -0.39 is 6.16 Å². The minimum Gasteiger partial charge on any atom is -0.438 e. The molecule has 0 saturated heterocycles. The standard InChI is InChI=1S/C13H14O3/c1-15-13(14)16-11-7-3-6-10-12-8-4-2-5-9-12/h2-10H,11H2,1H3/b7-3+,10-6+. The summed E-state index contributed by atoms with van der Waals surface area (Å²) in [5.74, 6) is 0. The molecular formula is C13H14O3. The van der Waals surface area contributed by atoms with Gasteiger partial charge in [0.1, 0.15) is 6.61 Å². The van der Waals surface area contributed by atoms with E-state index in [-0.39, 0.29) is 6.61 Å². The van der Waals surface area contributed by atoms with Crippen molar-refractivity contribution in [1.82, 2.24) is 0 Å². The molecule has 0 aromatic heterocycles. The van der Waals surface area contributed by atoms with E-state index in [1.165, 1.54) is 7.11 Å². The second kappa shape index (κ2) is 7.29. The van der Waals surface area contributed by atoms with Crippen LogP contribution in [0.15, 0.2) is 48.6 Å². The lowest BCUT2D eigenvalue weighted by Crippen LogP contribution is -2.03. The van der Waals surface area contributed by atoms with Gasteiger partial charge in [-0.3, -0.25) is 0 Å². The molecule has 0 unspecified atom stereocenters. The molecule has 0 aliphatic carbocycles. The van der Waals surface area contributed by atoms with Gasteiger partial charge < -0.3 is 9.47 Å². The van der Waals surface area contributed by atoms with E-state index in [2.05, 4.69) is 9.47 Å². The molecule has 84 valence electrons. The van der Waals surface area contributed by atoms with Crippen LogP contribution in [0, 0.1) is 0 Å². The number of hydrogen-bond acceptors (Lipinski definition) is 3. The van der Waals surface area contributed by atoms with Gasteiger partial charge in [0.05, 0.1) is 7.11 Å². The van der Waals surface area contributed by atoms with Gasteiger partial charge in [-0.2, -0.15) is 0 Å². The van der Waals surface area contributed by atoms with Gasteiger partial charge >= 0.3 is 6.16 Å². The van der Waals surface area contributed by atoms with Crippen molar-refractivity contribution in [1.29, 1.82) is 0 Å². The summed E-state index contributed by atoms with van der Waals surface area (Å²) >= 11 is 0. The van der Waals surface area contributed by atoms with Crippen LogP contribution in [0.4, 0.5) is 4.79 Å². The summed E-state index contributed by atoms with van der Waals surface area (Å²) in [5, 5.41) is 0. The molecular weight excluding hydrogens is 204 g/mol. The van der Waals surface area contributed by atoms with Gasteiger partial charge in [0.2, 0.25) is 0 Å². The number of hydrogen-bond donors (Lipinski definition) is 0. The first-order valence-electron chi connectivity index (χ1n) is 4.92. The molecule has 1 rings (SSSR count). The molecule has 16 heavy (non-hydrogen) atoms. The highest BCUT2D eigenvalue weighted by molar-refractivity contribution is 5.59. The van der Waals surface area contributed by atoms with Crippen LogP contribution in [-0.4, -0.2) is 19.9 Å². The molecule has 0 N–H and O–H groups in total. The van der Waals surface area contributed by atoms with Crippen LogP contribution in [0.5, 0.6) is 0 Å². The van der Waals surface area contributed by atoms with Crippen molar-refractivity contribution in [3.63, 3.8) is 0 Å². The molecule has 0 amide bonds. The third kappa shape index (κ3) is 5.00. The van der Waals surface area contributed by atoms with E-state index in [9.17, 15) is 4.79 Å². The number of rotatable bonds is 4. The van der Waals surface area contributed by atoms with Crippen LogP contribution in [0.25, 0.3) is 6.08 Å². The molecule has 0 saturated carbocycles.